The van der Waals surface area contributed by atoms with Crippen molar-refractivity contribution < 1.29 is 10.2 Å². The molecular formula is C9H16O2. The van der Waals surface area contributed by atoms with Gasteiger partial charge in [-0.05, 0) is 12.3 Å². The number of hydrogen-bond acceptors (Lipinski definition) is 2. The van der Waals surface area contributed by atoms with E-state index in [2.05, 4.69) is 11.8 Å². The minimum absolute atomic E-state index is 0.173. The molecular weight excluding hydrogens is 140 g/mol. The van der Waals surface area contributed by atoms with Crippen molar-refractivity contribution in [3.63, 3.8) is 0 Å². The summed E-state index contributed by atoms with van der Waals surface area (Å²) >= 11 is 0. The summed E-state index contributed by atoms with van der Waals surface area (Å²) in [5.74, 6) is 5.71. The highest BCUT2D eigenvalue weighted by atomic mass is 16.3. The van der Waals surface area contributed by atoms with Gasteiger partial charge in [0.15, 0.2) is 0 Å². The van der Waals surface area contributed by atoms with Gasteiger partial charge in [-0.15, -0.1) is 5.92 Å². The molecule has 0 aromatic heterocycles. The van der Waals surface area contributed by atoms with Crippen molar-refractivity contribution in [1.29, 1.82) is 0 Å². The van der Waals surface area contributed by atoms with E-state index in [9.17, 15) is 5.11 Å². The van der Waals surface area contributed by atoms with Gasteiger partial charge in [0.2, 0.25) is 0 Å². The molecule has 0 spiro atoms. The van der Waals surface area contributed by atoms with Crippen LogP contribution >= 0.6 is 0 Å². The van der Waals surface area contributed by atoms with Gasteiger partial charge in [0.05, 0.1) is 0 Å². The van der Waals surface area contributed by atoms with Gasteiger partial charge in [0, 0.05) is 13.0 Å². The fraction of sp³-hybridized carbons (Fsp3) is 0.778. The molecule has 0 fully saturated rings. The third-order valence-electron chi connectivity index (χ3n) is 1.34. The predicted octanol–water partition coefficient (Wildman–Crippen LogP) is 0.779. The highest BCUT2D eigenvalue weighted by Gasteiger charge is 2.02. The number of hydrogen-bond donors (Lipinski definition) is 2. The lowest BCUT2D eigenvalue weighted by Crippen LogP contribution is -2.11. The van der Waals surface area contributed by atoms with Crippen LogP contribution < -0.4 is 0 Å². The Bertz CT molecular complexity index is 141. The van der Waals surface area contributed by atoms with Gasteiger partial charge in [-0.25, -0.2) is 0 Å². The van der Waals surface area contributed by atoms with E-state index in [4.69, 9.17) is 5.11 Å². The predicted molar refractivity (Wildman–Crippen MR) is 44.9 cm³/mol. The van der Waals surface area contributed by atoms with E-state index in [-0.39, 0.29) is 12.5 Å². The Labute approximate surface area is 68.2 Å². The first kappa shape index (κ1) is 10.5. The Balaban J connectivity index is 3.51. The maximum Gasteiger partial charge on any atom is 0.117 e. The molecule has 2 N–H and O–H groups in total. The lowest BCUT2D eigenvalue weighted by molar-refractivity contribution is 0.181. The van der Waals surface area contributed by atoms with E-state index >= 15 is 0 Å². The maximum atomic E-state index is 9.19. The first-order valence-corrected chi connectivity index (χ1v) is 3.95. The van der Waals surface area contributed by atoms with Gasteiger partial charge >= 0.3 is 0 Å². The zero-order valence-corrected chi connectivity index (χ0v) is 7.17. The average molecular weight is 156 g/mol. The van der Waals surface area contributed by atoms with Crippen LogP contribution in [-0.2, 0) is 0 Å². The Morgan fingerprint density at radius 1 is 1.36 bits per heavy atom. The average Bonchev–Trinajstić information content (AvgIpc) is 1.97. The van der Waals surface area contributed by atoms with Crippen molar-refractivity contribution in [2.45, 2.75) is 32.8 Å². The number of aliphatic hydroxyl groups excluding tert-OH is 2. The van der Waals surface area contributed by atoms with E-state index in [1.807, 2.05) is 13.8 Å². The van der Waals surface area contributed by atoms with Gasteiger partial charge in [0.25, 0.3) is 0 Å². The molecule has 0 aliphatic carbocycles. The zero-order valence-electron chi connectivity index (χ0n) is 7.17. The first-order chi connectivity index (χ1) is 5.18. The third kappa shape index (κ3) is 5.90. The summed E-state index contributed by atoms with van der Waals surface area (Å²) in [5.41, 5.74) is 0. The van der Waals surface area contributed by atoms with E-state index in [0.29, 0.717) is 12.8 Å². The van der Waals surface area contributed by atoms with Crippen molar-refractivity contribution in [3.8, 4) is 11.8 Å². The Hall–Kier alpha value is -0.520. The second kappa shape index (κ2) is 6.21. The molecule has 0 saturated carbocycles. The summed E-state index contributed by atoms with van der Waals surface area (Å²) < 4.78 is 0. The fourth-order valence-corrected chi connectivity index (χ4v) is 0.511. The molecule has 11 heavy (non-hydrogen) atoms. The molecule has 0 radical (unpaired) electrons. The third-order valence-corrected chi connectivity index (χ3v) is 1.34. The van der Waals surface area contributed by atoms with Crippen LogP contribution in [0.15, 0.2) is 0 Å². The summed E-state index contributed by atoms with van der Waals surface area (Å²) in [6, 6.07) is 0. The molecule has 0 aromatic rings. The second-order valence-electron chi connectivity index (χ2n) is 2.84. The quantitative estimate of drug-likeness (QED) is 0.468. The lowest BCUT2D eigenvalue weighted by atomic mass is 10.1. The van der Waals surface area contributed by atoms with E-state index in [1.54, 1.807) is 0 Å². The standard InChI is InChI=1S/C9H16O2/c1-8(2)9(11)6-4-3-5-7-10/h8-11H,3,5,7H2,1-2H3. The lowest BCUT2D eigenvalue weighted by Gasteiger charge is -2.04. The number of unbranched alkanes of at least 4 members (excludes halogenated alkanes) is 1. The Morgan fingerprint density at radius 2 is 2.00 bits per heavy atom. The van der Waals surface area contributed by atoms with Crippen LogP contribution in [0.4, 0.5) is 0 Å². The van der Waals surface area contributed by atoms with Crippen molar-refractivity contribution in [3.05, 3.63) is 0 Å². The Morgan fingerprint density at radius 3 is 2.45 bits per heavy atom. The molecule has 0 aromatic carbocycles. The van der Waals surface area contributed by atoms with Crippen molar-refractivity contribution in [2.24, 2.45) is 5.92 Å². The second-order valence-corrected chi connectivity index (χ2v) is 2.84. The molecule has 0 heterocycles. The number of rotatable bonds is 3. The molecule has 0 bridgehead atoms. The molecule has 2 heteroatoms. The first-order valence-electron chi connectivity index (χ1n) is 3.95. The smallest absolute Gasteiger partial charge is 0.117 e. The van der Waals surface area contributed by atoms with Crippen LogP contribution in [0.25, 0.3) is 0 Å². The number of aliphatic hydroxyl groups is 2. The molecule has 64 valence electrons. The van der Waals surface area contributed by atoms with Gasteiger partial charge in [-0.2, -0.15) is 0 Å². The van der Waals surface area contributed by atoms with Crippen LogP contribution in [0.3, 0.4) is 0 Å². The monoisotopic (exact) mass is 156 g/mol. The molecule has 1 unspecified atom stereocenters. The normalized spacial score (nSPS) is 12.5. The van der Waals surface area contributed by atoms with Crippen molar-refractivity contribution in [1.82, 2.24) is 0 Å². The maximum absolute atomic E-state index is 9.19. The molecule has 0 aliphatic rings. The van der Waals surface area contributed by atoms with Crippen molar-refractivity contribution >= 4 is 0 Å². The highest BCUT2D eigenvalue weighted by molar-refractivity contribution is 5.05. The van der Waals surface area contributed by atoms with E-state index < -0.39 is 6.10 Å². The minimum atomic E-state index is -0.520. The van der Waals surface area contributed by atoms with Crippen molar-refractivity contribution in [2.75, 3.05) is 6.61 Å². The minimum Gasteiger partial charge on any atom is -0.396 e. The highest BCUT2D eigenvalue weighted by Crippen LogP contribution is 1.98. The summed E-state index contributed by atoms with van der Waals surface area (Å²) in [6.45, 7) is 4.02. The van der Waals surface area contributed by atoms with Gasteiger partial charge in [-0.3, -0.25) is 0 Å². The molecule has 0 aliphatic heterocycles. The van der Waals surface area contributed by atoms with Crippen LogP contribution in [0.2, 0.25) is 0 Å². The SMILES string of the molecule is CC(C)C(O)C#CCCCO. The molecule has 2 nitrogen and oxygen atoms in total. The zero-order chi connectivity index (χ0) is 8.69. The molecule has 0 amide bonds. The van der Waals surface area contributed by atoms with Gasteiger partial charge in [0.1, 0.15) is 6.10 Å². The molecule has 0 rings (SSSR count). The summed E-state index contributed by atoms with van der Waals surface area (Å²) in [5, 5.41) is 17.6. The van der Waals surface area contributed by atoms with Crippen LogP contribution in [0, 0.1) is 17.8 Å². The van der Waals surface area contributed by atoms with Gasteiger partial charge < -0.3 is 10.2 Å². The van der Waals surface area contributed by atoms with Crippen LogP contribution in [-0.4, -0.2) is 22.9 Å². The van der Waals surface area contributed by atoms with E-state index in [0.717, 1.165) is 0 Å². The summed E-state index contributed by atoms with van der Waals surface area (Å²) in [4.78, 5) is 0. The molecule has 0 saturated heterocycles. The summed E-state index contributed by atoms with van der Waals surface area (Å²) in [6.07, 6.45) is 0.839. The van der Waals surface area contributed by atoms with E-state index in [1.165, 1.54) is 0 Å². The summed E-state index contributed by atoms with van der Waals surface area (Å²) in [7, 11) is 0. The van der Waals surface area contributed by atoms with Crippen LogP contribution in [0.5, 0.6) is 0 Å². The fourth-order valence-electron chi connectivity index (χ4n) is 0.511. The van der Waals surface area contributed by atoms with Gasteiger partial charge in [-0.1, -0.05) is 19.8 Å². The Kier molecular flexibility index (Phi) is 5.91. The van der Waals surface area contributed by atoms with Crippen LogP contribution in [0.1, 0.15) is 26.7 Å². The topological polar surface area (TPSA) is 40.5 Å². The largest absolute Gasteiger partial charge is 0.396 e. The molecule has 1 atom stereocenters.